The Hall–Kier alpha value is -1.70. The highest BCUT2D eigenvalue weighted by molar-refractivity contribution is 5.94. The van der Waals surface area contributed by atoms with Crippen LogP contribution >= 0.6 is 0 Å². The van der Waals surface area contributed by atoms with E-state index < -0.39 is 40.6 Å². The summed E-state index contributed by atoms with van der Waals surface area (Å²) >= 11 is 0. The number of hydrogen-bond donors (Lipinski definition) is 1. The monoisotopic (exact) mass is 283 g/mol. The van der Waals surface area contributed by atoms with Gasteiger partial charge in [-0.3, -0.25) is 9.63 Å². The molecule has 1 aromatic carbocycles. The molecule has 0 atom stereocenters. The van der Waals surface area contributed by atoms with E-state index in [1.165, 1.54) is 0 Å². The van der Waals surface area contributed by atoms with Crippen molar-refractivity contribution in [2.24, 2.45) is 5.92 Å². The van der Waals surface area contributed by atoms with Crippen molar-refractivity contribution in [2.45, 2.75) is 13.8 Å². The summed E-state index contributed by atoms with van der Waals surface area (Å²) in [7, 11) is 0. The molecule has 0 heterocycles. The summed E-state index contributed by atoms with van der Waals surface area (Å²) in [5.74, 6) is -12.7. The van der Waals surface area contributed by atoms with E-state index in [1.807, 2.05) is 0 Å². The Labute approximate surface area is 105 Å². The van der Waals surface area contributed by atoms with Crippen LogP contribution in [0.3, 0.4) is 0 Å². The van der Waals surface area contributed by atoms with E-state index in [9.17, 15) is 26.7 Å². The Kier molecular flexibility index (Phi) is 4.82. The predicted octanol–water partition coefficient (Wildman–Crippen LogP) is 2.70. The zero-order valence-electron chi connectivity index (χ0n) is 9.99. The number of carbonyl (C=O) groups excluding carboxylic acids is 1. The molecule has 0 radical (unpaired) electrons. The largest absolute Gasteiger partial charge is 0.281 e. The van der Waals surface area contributed by atoms with Crippen LogP contribution in [-0.4, -0.2) is 12.5 Å². The zero-order valence-corrected chi connectivity index (χ0v) is 9.99. The molecule has 106 valence electrons. The molecule has 0 saturated carbocycles. The third-order valence-electron chi connectivity index (χ3n) is 2.02. The molecule has 19 heavy (non-hydrogen) atoms. The van der Waals surface area contributed by atoms with Gasteiger partial charge in [-0.25, -0.2) is 27.4 Å². The Morgan fingerprint density at radius 1 is 1.00 bits per heavy atom. The lowest BCUT2D eigenvalue weighted by molar-refractivity contribution is 0.0200. The molecular formula is C11H10F5NO2. The summed E-state index contributed by atoms with van der Waals surface area (Å²) in [6, 6.07) is 0. The van der Waals surface area contributed by atoms with Crippen molar-refractivity contribution in [3.05, 3.63) is 34.6 Å². The molecule has 1 rings (SSSR count). The highest BCUT2D eigenvalue weighted by atomic mass is 19.2. The molecule has 0 aliphatic heterocycles. The number of benzene rings is 1. The first-order valence-corrected chi connectivity index (χ1v) is 5.20. The third-order valence-corrected chi connectivity index (χ3v) is 2.02. The van der Waals surface area contributed by atoms with Gasteiger partial charge in [-0.2, -0.15) is 0 Å². The molecule has 8 heteroatoms. The van der Waals surface area contributed by atoms with Gasteiger partial charge in [0.2, 0.25) is 5.82 Å². The molecule has 3 nitrogen and oxygen atoms in total. The lowest BCUT2D eigenvalue weighted by Crippen LogP contribution is -2.28. The van der Waals surface area contributed by atoms with Crippen molar-refractivity contribution in [2.75, 3.05) is 6.61 Å². The predicted molar refractivity (Wildman–Crippen MR) is 54.5 cm³/mol. The van der Waals surface area contributed by atoms with Crippen LogP contribution in [0.1, 0.15) is 24.2 Å². The van der Waals surface area contributed by atoms with E-state index in [0.29, 0.717) is 0 Å². The van der Waals surface area contributed by atoms with Crippen molar-refractivity contribution < 1.29 is 31.6 Å². The first-order valence-electron chi connectivity index (χ1n) is 5.20. The van der Waals surface area contributed by atoms with Gasteiger partial charge in [-0.15, -0.1) is 0 Å². The van der Waals surface area contributed by atoms with E-state index >= 15 is 0 Å². The smallest absolute Gasteiger partial charge is 0.273 e. The summed E-state index contributed by atoms with van der Waals surface area (Å²) in [4.78, 5) is 15.9. The lowest BCUT2D eigenvalue weighted by Gasteiger charge is -2.10. The second-order valence-electron chi connectivity index (χ2n) is 4.08. The second-order valence-corrected chi connectivity index (χ2v) is 4.08. The molecule has 1 amide bonds. The molecule has 0 aromatic heterocycles. The first kappa shape index (κ1) is 15.4. The molecule has 0 unspecified atom stereocenters. The van der Waals surface area contributed by atoms with Gasteiger partial charge in [0.15, 0.2) is 23.3 Å². The number of nitrogens with one attached hydrogen (secondary N) is 1. The van der Waals surface area contributed by atoms with Crippen LogP contribution in [0.5, 0.6) is 0 Å². The van der Waals surface area contributed by atoms with E-state index in [4.69, 9.17) is 0 Å². The Bertz CT molecular complexity index is 475. The van der Waals surface area contributed by atoms with Crippen molar-refractivity contribution in [3.8, 4) is 0 Å². The Morgan fingerprint density at radius 2 is 1.42 bits per heavy atom. The van der Waals surface area contributed by atoms with Crippen molar-refractivity contribution >= 4 is 5.91 Å². The average molecular weight is 283 g/mol. The number of carbonyl (C=O) groups is 1. The fraction of sp³-hybridized carbons (Fsp3) is 0.364. The zero-order chi connectivity index (χ0) is 14.7. The van der Waals surface area contributed by atoms with Gasteiger partial charge in [0.05, 0.1) is 6.61 Å². The second kappa shape index (κ2) is 5.96. The minimum Gasteiger partial charge on any atom is -0.273 e. The minimum absolute atomic E-state index is 0.00307. The van der Waals surface area contributed by atoms with Gasteiger partial charge in [-0.05, 0) is 5.92 Å². The van der Waals surface area contributed by atoms with E-state index in [0.717, 1.165) is 0 Å². The standard InChI is InChI=1S/C11H10F5NO2/c1-4(2)3-19-17-11(18)5-6(12)8(14)10(16)9(15)7(5)13/h4H,3H2,1-2H3,(H,17,18). The van der Waals surface area contributed by atoms with E-state index in [1.54, 1.807) is 19.3 Å². The van der Waals surface area contributed by atoms with Gasteiger partial charge in [0.25, 0.3) is 5.91 Å². The van der Waals surface area contributed by atoms with E-state index in [2.05, 4.69) is 4.84 Å². The van der Waals surface area contributed by atoms with Gasteiger partial charge >= 0.3 is 0 Å². The van der Waals surface area contributed by atoms with Crippen molar-refractivity contribution in [3.63, 3.8) is 0 Å². The highest BCUT2D eigenvalue weighted by Gasteiger charge is 2.29. The number of halogens is 5. The molecule has 0 aliphatic carbocycles. The maximum absolute atomic E-state index is 13.2. The summed E-state index contributed by atoms with van der Waals surface area (Å²) in [5.41, 5.74) is 0.0279. The average Bonchev–Trinajstić information content (AvgIpc) is 2.34. The van der Waals surface area contributed by atoms with Crippen molar-refractivity contribution in [1.82, 2.24) is 5.48 Å². The minimum atomic E-state index is -2.32. The summed E-state index contributed by atoms with van der Waals surface area (Å²) in [6.07, 6.45) is 0. The van der Waals surface area contributed by atoms with Crippen LogP contribution in [-0.2, 0) is 4.84 Å². The maximum Gasteiger partial charge on any atom is 0.281 e. The molecule has 0 aliphatic rings. The van der Waals surface area contributed by atoms with Gasteiger partial charge in [0, 0.05) is 0 Å². The number of rotatable bonds is 4. The molecule has 0 fully saturated rings. The van der Waals surface area contributed by atoms with Crippen LogP contribution in [0, 0.1) is 35.0 Å². The molecule has 0 bridgehead atoms. The fourth-order valence-corrected chi connectivity index (χ4v) is 1.13. The molecule has 1 N–H and O–H groups in total. The SMILES string of the molecule is CC(C)CONC(=O)c1c(F)c(F)c(F)c(F)c1F. The Morgan fingerprint density at radius 3 is 1.84 bits per heavy atom. The summed E-state index contributed by atoms with van der Waals surface area (Å²) in [5, 5.41) is 0. The first-order chi connectivity index (χ1) is 8.77. The number of hydroxylamine groups is 1. The topological polar surface area (TPSA) is 38.3 Å². The van der Waals surface area contributed by atoms with Gasteiger partial charge in [0.1, 0.15) is 5.56 Å². The molecule has 0 saturated heterocycles. The third kappa shape index (κ3) is 3.19. The van der Waals surface area contributed by atoms with Gasteiger partial charge in [-0.1, -0.05) is 13.8 Å². The number of amides is 1. The molecule has 1 aromatic rings. The van der Waals surface area contributed by atoms with Gasteiger partial charge < -0.3 is 0 Å². The van der Waals surface area contributed by atoms with Crippen LogP contribution in [0.15, 0.2) is 0 Å². The summed E-state index contributed by atoms with van der Waals surface area (Å²) in [6.45, 7) is 3.47. The maximum atomic E-state index is 13.2. The van der Waals surface area contributed by atoms with Crippen molar-refractivity contribution in [1.29, 1.82) is 0 Å². The van der Waals surface area contributed by atoms with Crippen LogP contribution in [0.2, 0.25) is 0 Å². The van der Waals surface area contributed by atoms with Crippen LogP contribution < -0.4 is 5.48 Å². The summed E-state index contributed by atoms with van der Waals surface area (Å²) < 4.78 is 64.8. The lowest BCUT2D eigenvalue weighted by atomic mass is 10.1. The highest BCUT2D eigenvalue weighted by Crippen LogP contribution is 2.22. The van der Waals surface area contributed by atoms with Crippen LogP contribution in [0.4, 0.5) is 22.0 Å². The number of hydrogen-bond acceptors (Lipinski definition) is 2. The molecular weight excluding hydrogens is 273 g/mol. The fourth-order valence-electron chi connectivity index (χ4n) is 1.13. The van der Waals surface area contributed by atoms with Crippen LogP contribution in [0.25, 0.3) is 0 Å². The molecule has 0 spiro atoms. The quantitative estimate of drug-likeness (QED) is 0.399. The van der Waals surface area contributed by atoms with E-state index in [-0.39, 0.29) is 12.5 Å². The Balaban J connectivity index is 3.04. The normalized spacial score (nSPS) is 10.9.